The Morgan fingerprint density at radius 3 is 2.48 bits per heavy atom. The lowest BCUT2D eigenvalue weighted by atomic mass is 9.85. The highest BCUT2D eigenvalue weighted by molar-refractivity contribution is 7.15. The first kappa shape index (κ1) is 13.3. The molecule has 2 aliphatic heterocycles. The molecule has 2 bridgehead atoms. The first-order chi connectivity index (χ1) is 10.3. The van der Waals surface area contributed by atoms with Gasteiger partial charge in [-0.2, -0.15) is 0 Å². The molecular formula is C17H21N3S. The number of fused-ring (bicyclic) bond motifs is 2. The van der Waals surface area contributed by atoms with E-state index in [0.29, 0.717) is 5.13 Å². The Morgan fingerprint density at radius 1 is 1.14 bits per heavy atom. The molecule has 110 valence electrons. The third-order valence-corrected chi connectivity index (χ3v) is 5.88. The molecule has 0 spiro atoms. The van der Waals surface area contributed by atoms with E-state index < -0.39 is 0 Å². The number of piperidine rings is 1. The monoisotopic (exact) mass is 299 g/mol. The van der Waals surface area contributed by atoms with Gasteiger partial charge < -0.3 is 5.73 Å². The van der Waals surface area contributed by atoms with E-state index in [-0.39, 0.29) is 0 Å². The molecule has 1 aromatic heterocycles. The minimum absolute atomic E-state index is 0.691. The highest BCUT2D eigenvalue weighted by Crippen LogP contribution is 2.43. The Balaban J connectivity index is 1.49. The maximum absolute atomic E-state index is 5.76. The molecule has 0 amide bonds. The van der Waals surface area contributed by atoms with Crippen molar-refractivity contribution in [2.24, 2.45) is 0 Å². The van der Waals surface area contributed by atoms with Crippen LogP contribution in [0.2, 0.25) is 0 Å². The van der Waals surface area contributed by atoms with E-state index in [9.17, 15) is 0 Å². The molecule has 4 heteroatoms. The van der Waals surface area contributed by atoms with Crippen molar-refractivity contribution in [3.8, 4) is 0 Å². The maximum Gasteiger partial charge on any atom is 0.180 e. The van der Waals surface area contributed by atoms with Gasteiger partial charge in [0.1, 0.15) is 0 Å². The van der Waals surface area contributed by atoms with Crippen LogP contribution in [0.3, 0.4) is 0 Å². The molecule has 0 aliphatic carbocycles. The highest BCUT2D eigenvalue weighted by atomic mass is 32.1. The number of rotatable bonds is 3. The van der Waals surface area contributed by atoms with Crippen LogP contribution in [0.5, 0.6) is 0 Å². The van der Waals surface area contributed by atoms with Crippen molar-refractivity contribution in [1.29, 1.82) is 0 Å². The molecule has 2 aromatic rings. The van der Waals surface area contributed by atoms with Crippen LogP contribution >= 0.6 is 11.3 Å². The topological polar surface area (TPSA) is 42.1 Å². The minimum Gasteiger partial charge on any atom is -0.375 e. The van der Waals surface area contributed by atoms with Gasteiger partial charge in [0.2, 0.25) is 0 Å². The fourth-order valence-corrected chi connectivity index (χ4v) is 4.80. The summed E-state index contributed by atoms with van der Waals surface area (Å²) < 4.78 is 0. The van der Waals surface area contributed by atoms with Gasteiger partial charge in [-0.3, -0.25) is 4.90 Å². The molecule has 0 radical (unpaired) electrons. The van der Waals surface area contributed by atoms with Crippen LogP contribution in [0.25, 0.3) is 0 Å². The lowest BCUT2D eigenvalue weighted by Gasteiger charge is -2.39. The largest absolute Gasteiger partial charge is 0.375 e. The number of hydrogen-bond acceptors (Lipinski definition) is 4. The molecule has 21 heavy (non-hydrogen) atoms. The Morgan fingerprint density at radius 2 is 1.86 bits per heavy atom. The van der Waals surface area contributed by atoms with Crippen LogP contribution in [0.1, 0.15) is 42.0 Å². The number of nitrogen functional groups attached to an aromatic ring is 1. The molecular weight excluding hydrogens is 278 g/mol. The van der Waals surface area contributed by atoms with Gasteiger partial charge in [0, 0.05) is 29.7 Å². The Bertz CT molecular complexity index is 596. The van der Waals surface area contributed by atoms with E-state index in [1.54, 1.807) is 11.3 Å². The number of aromatic nitrogens is 1. The zero-order valence-corrected chi connectivity index (χ0v) is 12.9. The van der Waals surface area contributed by atoms with Crippen LogP contribution in [-0.4, -0.2) is 22.0 Å². The lowest BCUT2D eigenvalue weighted by Crippen LogP contribution is -2.41. The number of thiazole rings is 1. The minimum atomic E-state index is 0.691. The molecule has 2 saturated heterocycles. The SMILES string of the molecule is Nc1ncc(CN2[C@@H]3CC[C@H]2CC(c2ccccc2)C3)s1. The molecule has 2 fully saturated rings. The molecule has 4 rings (SSSR count). The van der Waals surface area contributed by atoms with Crippen molar-refractivity contribution < 1.29 is 0 Å². The van der Waals surface area contributed by atoms with Crippen LogP contribution in [-0.2, 0) is 6.54 Å². The van der Waals surface area contributed by atoms with Gasteiger partial charge >= 0.3 is 0 Å². The van der Waals surface area contributed by atoms with E-state index >= 15 is 0 Å². The Hall–Kier alpha value is -1.39. The predicted octanol–water partition coefficient (Wildman–Crippen LogP) is 3.64. The summed E-state index contributed by atoms with van der Waals surface area (Å²) in [6.07, 6.45) is 7.25. The summed E-state index contributed by atoms with van der Waals surface area (Å²) in [6, 6.07) is 12.5. The van der Waals surface area contributed by atoms with E-state index in [4.69, 9.17) is 5.73 Å². The molecule has 2 N–H and O–H groups in total. The van der Waals surface area contributed by atoms with Crippen LogP contribution < -0.4 is 5.73 Å². The molecule has 1 aromatic carbocycles. The van der Waals surface area contributed by atoms with Gasteiger partial charge in [-0.25, -0.2) is 4.98 Å². The number of nitrogens with zero attached hydrogens (tertiary/aromatic N) is 2. The van der Waals surface area contributed by atoms with Crippen molar-refractivity contribution in [1.82, 2.24) is 9.88 Å². The summed E-state index contributed by atoms with van der Waals surface area (Å²) >= 11 is 1.64. The maximum atomic E-state index is 5.76. The number of anilines is 1. The highest BCUT2D eigenvalue weighted by Gasteiger charge is 2.40. The third kappa shape index (κ3) is 2.58. The number of benzene rings is 1. The van der Waals surface area contributed by atoms with Crippen LogP contribution in [0.15, 0.2) is 36.5 Å². The lowest BCUT2D eigenvalue weighted by molar-refractivity contribution is 0.120. The van der Waals surface area contributed by atoms with Crippen molar-refractivity contribution in [2.75, 3.05) is 5.73 Å². The summed E-state index contributed by atoms with van der Waals surface area (Å²) in [4.78, 5) is 8.19. The molecule has 3 nitrogen and oxygen atoms in total. The fraction of sp³-hybridized carbons (Fsp3) is 0.471. The van der Waals surface area contributed by atoms with E-state index in [2.05, 4.69) is 40.2 Å². The van der Waals surface area contributed by atoms with Gasteiger partial charge in [0.15, 0.2) is 5.13 Å². The first-order valence-corrected chi connectivity index (χ1v) is 8.62. The third-order valence-electron chi connectivity index (χ3n) is 5.07. The summed E-state index contributed by atoms with van der Waals surface area (Å²) in [5.74, 6) is 0.742. The molecule has 2 aliphatic rings. The standard InChI is InChI=1S/C17H21N3S/c18-17-19-10-16(21-17)11-20-14-6-7-15(20)9-13(8-14)12-4-2-1-3-5-12/h1-5,10,13-15H,6-9,11H2,(H2,18,19)/t13?,14-,15+. The molecule has 1 unspecified atom stereocenters. The van der Waals surface area contributed by atoms with Crippen molar-refractivity contribution in [3.63, 3.8) is 0 Å². The summed E-state index contributed by atoms with van der Waals surface area (Å²) in [5.41, 5.74) is 7.28. The Kier molecular flexibility index (Phi) is 3.43. The number of nitrogens with two attached hydrogens (primary N) is 1. The zero-order chi connectivity index (χ0) is 14.2. The second kappa shape index (κ2) is 5.43. The van der Waals surface area contributed by atoms with E-state index in [1.807, 2.05) is 6.20 Å². The number of hydrogen-bond donors (Lipinski definition) is 1. The second-order valence-corrected chi connectivity index (χ2v) is 7.45. The predicted molar refractivity (Wildman–Crippen MR) is 87.3 cm³/mol. The van der Waals surface area contributed by atoms with Gasteiger partial charge in [0.25, 0.3) is 0 Å². The van der Waals surface area contributed by atoms with Crippen molar-refractivity contribution in [3.05, 3.63) is 47.0 Å². The zero-order valence-electron chi connectivity index (χ0n) is 12.1. The quantitative estimate of drug-likeness (QED) is 0.941. The smallest absolute Gasteiger partial charge is 0.180 e. The van der Waals surface area contributed by atoms with Gasteiger partial charge in [-0.1, -0.05) is 30.3 Å². The van der Waals surface area contributed by atoms with Gasteiger partial charge in [-0.05, 0) is 37.2 Å². The Labute approximate surface area is 129 Å². The summed E-state index contributed by atoms with van der Waals surface area (Å²) in [5, 5.41) is 0.691. The van der Waals surface area contributed by atoms with Crippen LogP contribution in [0.4, 0.5) is 5.13 Å². The van der Waals surface area contributed by atoms with Gasteiger partial charge in [-0.15, -0.1) is 11.3 Å². The van der Waals surface area contributed by atoms with E-state index in [1.165, 1.54) is 36.1 Å². The fourth-order valence-electron chi connectivity index (χ4n) is 4.11. The first-order valence-electron chi connectivity index (χ1n) is 7.80. The summed E-state index contributed by atoms with van der Waals surface area (Å²) in [7, 11) is 0. The second-order valence-electron chi connectivity index (χ2n) is 6.30. The van der Waals surface area contributed by atoms with Crippen molar-refractivity contribution in [2.45, 2.75) is 50.2 Å². The molecule has 3 heterocycles. The van der Waals surface area contributed by atoms with Crippen molar-refractivity contribution >= 4 is 16.5 Å². The average Bonchev–Trinajstić information content (AvgIpc) is 3.00. The van der Waals surface area contributed by atoms with E-state index in [0.717, 1.165) is 24.5 Å². The van der Waals surface area contributed by atoms with Crippen LogP contribution in [0, 0.1) is 0 Å². The summed E-state index contributed by atoms with van der Waals surface area (Å²) in [6.45, 7) is 1.03. The average molecular weight is 299 g/mol. The normalized spacial score (nSPS) is 28.9. The molecule has 0 saturated carbocycles. The van der Waals surface area contributed by atoms with Gasteiger partial charge in [0.05, 0.1) is 0 Å². The molecule has 3 atom stereocenters.